The second-order valence-corrected chi connectivity index (χ2v) is 10.7. The minimum atomic E-state index is -0.0234. The Morgan fingerprint density at radius 3 is 2.68 bits per heavy atom. The molecule has 0 spiro atoms. The summed E-state index contributed by atoms with van der Waals surface area (Å²) in [5.74, 6) is 1.78. The van der Waals surface area contributed by atoms with E-state index in [4.69, 9.17) is 20.2 Å². The summed E-state index contributed by atoms with van der Waals surface area (Å²) in [6, 6.07) is 7.83. The Balaban J connectivity index is 0.00000400. The van der Waals surface area contributed by atoms with Gasteiger partial charge in [-0.15, -0.1) is 23.7 Å². The van der Waals surface area contributed by atoms with Crippen LogP contribution in [-0.2, 0) is 0 Å². The SMILES string of the molecule is COc1cc(-c2cncc(-c3cc(OCCC(C)CN)cs3)n2)ccc1C(=O)N(C)C1CCN(C)CC1.Cl. The number of aromatic nitrogens is 2. The van der Waals surface area contributed by atoms with Crippen LogP contribution in [0.15, 0.2) is 42.0 Å². The standard InChI is InChI=1S/C28H37N5O3S.ClH/c1-19(15-29)9-12-36-22-14-27(37-18-22)25-17-30-16-24(31-25)20-5-6-23(26(13-20)35-4)28(34)33(3)21-7-10-32(2)11-8-21;/h5-6,13-14,16-19,21H,7-12,15,29H2,1-4H3;1H. The third-order valence-electron chi connectivity index (χ3n) is 7.03. The molecule has 0 aliphatic carbocycles. The smallest absolute Gasteiger partial charge is 0.257 e. The first kappa shape index (κ1) is 29.8. The van der Waals surface area contributed by atoms with E-state index in [2.05, 4.69) is 23.9 Å². The molecule has 8 nitrogen and oxygen atoms in total. The Morgan fingerprint density at radius 1 is 1.24 bits per heavy atom. The number of nitrogens with two attached hydrogens (primary N) is 1. The van der Waals surface area contributed by atoms with Crippen LogP contribution in [0.4, 0.5) is 0 Å². The fraction of sp³-hybridized carbons (Fsp3) is 0.464. The number of piperidine rings is 1. The van der Waals surface area contributed by atoms with Crippen LogP contribution in [0.3, 0.4) is 0 Å². The maximum absolute atomic E-state index is 13.3. The quantitative estimate of drug-likeness (QED) is 0.380. The molecule has 10 heteroatoms. The van der Waals surface area contributed by atoms with Crippen LogP contribution < -0.4 is 15.2 Å². The number of ether oxygens (including phenoxy) is 2. The zero-order valence-corrected chi connectivity index (χ0v) is 24.2. The van der Waals surface area contributed by atoms with Crippen molar-refractivity contribution in [3.05, 3.63) is 47.6 Å². The lowest BCUT2D eigenvalue weighted by Gasteiger charge is -2.35. The van der Waals surface area contributed by atoms with Gasteiger partial charge in [-0.3, -0.25) is 9.78 Å². The van der Waals surface area contributed by atoms with E-state index in [9.17, 15) is 4.79 Å². The Kier molecular flexibility index (Phi) is 10.9. The highest BCUT2D eigenvalue weighted by Gasteiger charge is 2.26. The second kappa shape index (κ2) is 13.9. The Morgan fingerprint density at radius 2 is 1.97 bits per heavy atom. The molecular weight excluding hydrogens is 522 g/mol. The molecule has 3 heterocycles. The maximum atomic E-state index is 13.3. The van der Waals surface area contributed by atoms with E-state index in [0.29, 0.717) is 36.1 Å². The first-order valence-electron chi connectivity index (χ1n) is 12.8. The molecule has 38 heavy (non-hydrogen) atoms. The number of hydrogen-bond donors (Lipinski definition) is 1. The van der Waals surface area contributed by atoms with Crippen LogP contribution >= 0.6 is 23.7 Å². The number of carbonyl (C=O) groups is 1. The molecule has 1 atom stereocenters. The van der Waals surface area contributed by atoms with Crippen LogP contribution in [0, 0.1) is 5.92 Å². The molecular formula is C28H38ClN5O3S. The summed E-state index contributed by atoms with van der Waals surface area (Å²) >= 11 is 1.57. The number of halogens is 1. The van der Waals surface area contributed by atoms with Crippen LogP contribution in [0.25, 0.3) is 21.8 Å². The maximum Gasteiger partial charge on any atom is 0.257 e. The minimum Gasteiger partial charge on any atom is -0.496 e. The molecule has 1 unspecified atom stereocenters. The average molecular weight is 560 g/mol. The highest BCUT2D eigenvalue weighted by Crippen LogP contribution is 2.32. The molecule has 1 aliphatic rings. The lowest BCUT2D eigenvalue weighted by molar-refractivity contribution is 0.0656. The van der Waals surface area contributed by atoms with Crippen molar-refractivity contribution < 1.29 is 14.3 Å². The lowest BCUT2D eigenvalue weighted by atomic mass is 10.0. The predicted molar refractivity (Wildman–Crippen MR) is 156 cm³/mol. The van der Waals surface area contributed by atoms with Gasteiger partial charge in [0.2, 0.25) is 0 Å². The molecule has 4 rings (SSSR count). The molecule has 2 N–H and O–H groups in total. The molecule has 0 bridgehead atoms. The molecule has 3 aromatic rings. The molecule has 0 radical (unpaired) electrons. The summed E-state index contributed by atoms with van der Waals surface area (Å²) in [6.45, 7) is 5.42. The Hall–Kier alpha value is -2.72. The van der Waals surface area contributed by atoms with Gasteiger partial charge in [-0.05, 0) is 64.0 Å². The molecule has 1 aliphatic heterocycles. The van der Waals surface area contributed by atoms with E-state index in [1.165, 1.54) is 0 Å². The normalized spacial score (nSPS) is 15.0. The molecule has 1 amide bonds. The first-order chi connectivity index (χ1) is 17.9. The molecule has 2 aromatic heterocycles. The van der Waals surface area contributed by atoms with Crippen molar-refractivity contribution in [3.63, 3.8) is 0 Å². The fourth-order valence-corrected chi connectivity index (χ4v) is 5.20. The van der Waals surface area contributed by atoms with Crippen molar-refractivity contribution in [2.45, 2.75) is 32.2 Å². The third kappa shape index (κ3) is 7.22. The summed E-state index contributed by atoms with van der Waals surface area (Å²) < 4.78 is 11.5. The van der Waals surface area contributed by atoms with E-state index in [1.54, 1.807) is 30.8 Å². The van der Waals surface area contributed by atoms with Gasteiger partial charge >= 0.3 is 0 Å². The van der Waals surface area contributed by atoms with Gasteiger partial charge in [-0.1, -0.05) is 13.0 Å². The largest absolute Gasteiger partial charge is 0.496 e. The number of rotatable bonds is 10. The van der Waals surface area contributed by atoms with Gasteiger partial charge in [0.15, 0.2) is 0 Å². The topological polar surface area (TPSA) is 93.8 Å². The van der Waals surface area contributed by atoms with Crippen LogP contribution in [0.2, 0.25) is 0 Å². The summed E-state index contributed by atoms with van der Waals surface area (Å²) in [5.41, 5.74) is 8.57. The highest BCUT2D eigenvalue weighted by atomic mass is 35.5. The summed E-state index contributed by atoms with van der Waals surface area (Å²) in [6.07, 6.45) is 6.35. The Labute approximate surface area is 235 Å². The summed E-state index contributed by atoms with van der Waals surface area (Å²) in [4.78, 5) is 27.7. The van der Waals surface area contributed by atoms with Crippen molar-refractivity contribution in [3.8, 4) is 33.3 Å². The Bertz CT molecular complexity index is 1200. The van der Waals surface area contributed by atoms with Crippen molar-refractivity contribution >= 4 is 29.7 Å². The lowest BCUT2D eigenvalue weighted by Crippen LogP contribution is -2.44. The number of likely N-dealkylation sites (tertiary alicyclic amines) is 1. The summed E-state index contributed by atoms with van der Waals surface area (Å²) in [7, 11) is 5.60. The average Bonchev–Trinajstić information content (AvgIpc) is 3.41. The van der Waals surface area contributed by atoms with E-state index in [1.807, 2.05) is 41.6 Å². The van der Waals surface area contributed by atoms with Gasteiger partial charge < -0.3 is 25.0 Å². The van der Waals surface area contributed by atoms with Crippen molar-refractivity contribution in [1.82, 2.24) is 19.8 Å². The molecule has 1 aromatic carbocycles. The third-order valence-corrected chi connectivity index (χ3v) is 7.96. The van der Waals surface area contributed by atoms with Crippen LogP contribution in [0.5, 0.6) is 11.5 Å². The van der Waals surface area contributed by atoms with E-state index >= 15 is 0 Å². The number of hydrogen-bond acceptors (Lipinski definition) is 8. The van der Waals surface area contributed by atoms with E-state index in [-0.39, 0.29) is 24.4 Å². The summed E-state index contributed by atoms with van der Waals surface area (Å²) in [5, 5.41) is 1.99. The molecule has 1 fully saturated rings. The van der Waals surface area contributed by atoms with E-state index in [0.717, 1.165) is 54.2 Å². The number of methoxy groups -OCH3 is 1. The molecule has 1 saturated heterocycles. The number of nitrogens with zero attached hydrogens (tertiary/aromatic N) is 4. The predicted octanol–water partition coefficient (Wildman–Crippen LogP) is 4.83. The zero-order chi connectivity index (χ0) is 26.4. The highest BCUT2D eigenvalue weighted by molar-refractivity contribution is 7.13. The number of carbonyl (C=O) groups excluding carboxylic acids is 1. The van der Waals surface area contributed by atoms with Crippen molar-refractivity contribution in [1.29, 1.82) is 0 Å². The molecule has 206 valence electrons. The van der Waals surface area contributed by atoms with Gasteiger partial charge in [-0.2, -0.15) is 0 Å². The fourth-order valence-electron chi connectivity index (χ4n) is 4.41. The minimum absolute atomic E-state index is 0. The van der Waals surface area contributed by atoms with Crippen LogP contribution in [-0.4, -0.2) is 79.2 Å². The van der Waals surface area contributed by atoms with Crippen molar-refractivity contribution in [2.24, 2.45) is 11.7 Å². The van der Waals surface area contributed by atoms with E-state index < -0.39 is 0 Å². The van der Waals surface area contributed by atoms with Crippen molar-refractivity contribution in [2.75, 3.05) is 47.4 Å². The number of amides is 1. The number of thiophene rings is 1. The second-order valence-electron chi connectivity index (χ2n) is 9.78. The number of benzene rings is 1. The van der Waals surface area contributed by atoms with Gasteiger partial charge in [0.1, 0.15) is 11.5 Å². The first-order valence-corrected chi connectivity index (χ1v) is 13.7. The molecule has 0 saturated carbocycles. The van der Waals surface area contributed by atoms with Gasteiger partial charge in [0.25, 0.3) is 5.91 Å². The zero-order valence-electron chi connectivity index (χ0n) is 22.6. The van der Waals surface area contributed by atoms with Gasteiger partial charge in [0, 0.05) is 30.1 Å². The van der Waals surface area contributed by atoms with Crippen LogP contribution in [0.1, 0.15) is 36.5 Å². The van der Waals surface area contributed by atoms with Gasteiger partial charge in [0.05, 0.1) is 47.9 Å². The monoisotopic (exact) mass is 559 g/mol. The van der Waals surface area contributed by atoms with Gasteiger partial charge in [-0.25, -0.2) is 4.98 Å².